The van der Waals surface area contributed by atoms with E-state index in [-0.39, 0.29) is 11.9 Å². The lowest BCUT2D eigenvalue weighted by Crippen LogP contribution is -2.49. The zero-order valence-corrected chi connectivity index (χ0v) is 12.2. The van der Waals surface area contributed by atoms with Crippen molar-refractivity contribution in [2.75, 3.05) is 32.7 Å². The molecule has 0 aromatic heterocycles. The van der Waals surface area contributed by atoms with Crippen LogP contribution in [0, 0.1) is 11.3 Å². The van der Waals surface area contributed by atoms with E-state index in [4.69, 9.17) is 11.0 Å². The molecule has 0 saturated carbocycles. The van der Waals surface area contributed by atoms with Crippen molar-refractivity contribution < 1.29 is 4.79 Å². The maximum atomic E-state index is 12.3. The zero-order valence-electron chi connectivity index (χ0n) is 12.2. The molecule has 1 aliphatic heterocycles. The number of nitrogens with two attached hydrogens (primary N) is 1. The molecular weight excluding hydrogens is 264 g/mol. The summed E-state index contributed by atoms with van der Waals surface area (Å²) in [6, 6.07) is 11.6. The number of carbonyl (C=O) groups excluding carboxylic acids is 1. The van der Waals surface area contributed by atoms with E-state index in [0.717, 1.165) is 38.3 Å². The molecular formula is C16H22N4O. The molecule has 0 bridgehead atoms. The van der Waals surface area contributed by atoms with Gasteiger partial charge in [0, 0.05) is 51.6 Å². The highest BCUT2D eigenvalue weighted by molar-refractivity contribution is 5.77. The molecule has 21 heavy (non-hydrogen) atoms. The molecule has 1 aromatic rings. The van der Waals surface area contributed by atoms with Crippen LogP contribution in [0.3, 0.4) is 0 Å². The molecule has 1 aromatic carbocycles. The minimum Gasteiger partial charge on any atom is -0.340 e. The Morgan fingerprint density at radius 3 is 2.52 bits per heavy atom. The summed E-state index contributed by atoms with van der Waals surface area (Å²) < 4.78 is 0. The van der Waals surface area contributed by atoms with Crippen LogP contribution in [-0.4, -0.2) is 48.4 Å². The summed E-state index contributed by atoms with van der Waals surface area (Å²) in [5.41, 5.74) is 7.10. The van der Waals surface area contributed by atoms with E-state index in [2.05, 4.69) is 11.0 Å². The topological polar surface area (TPSA) is 73.4 Å². The van der Waals surface area contributed by atoms with Gasteiger partial charge in [0.15, 0.2) is 0 Å². The lowest BCUT2D eigenvalue weighted by molar-refractivity contribution is -0.133. The maximum absolute atomic E-state index is 12.3. The van der Waals surface area contributed by atoms with Crippen LogP contribution < -0.4 is 5.73 Å². The second-order valence-corrected chi connectivity index (χ2v) is 5.35. The minimum absolute atomic E-state index is 0.117. The largest absolute Gasteiger partial charge is 0.340 e. The van der Waals surface area contributed by atoms with Crippen LogP contribution in [0.5, 0.6) is 0 Å². The summed E-state index contributed by atoms with van der Waals surface area (Å²) in [4.78, 5) is 16.4. The number of carbonyl (C=O) groups is 1. The highest BCUT2D eigenvalue weighted by Gasteiger charge is 2.22. The monoisotopic (exact) mass is 286 g/mol. The average Bonchev–Trinajstić information content (AvgIpc) is 2.54. The van der Waals surface area contributed by atoms with Gasteiger partial charge in [0.05, 0.1) is 6.07 Å². The predicted molar refractivity (Wildman–Crippen MR) is 81.2 cm³/mol. The van der Waals surface area contributed by atoms with Crippen LogP contribution in [0.25, 0.3) is 0 Å². The lowest BCUT2D eigenvalue weighted by atomic mass is 10.0. The van der Waals surface area contributed by atoms with E-state index in [1.54, 1.807) is 0 Å². The SMILES string of the molecule is N#CCCN1CCN(C(=O)CC(N)c2ccccc2)CC1. The fourth-order valence-corrected chi connectivity index (χ4v) is 2.56. The zero-order chi connectivity index (χ0) is 15.1. The molecule has 1 heterocycles. The molecule has 0 radical (unpaired) electrons. The van der Waals surface area contributed by atoms with Crippen LogP contribution in [0.15, 0.2) is 30.3 Å². The highest BCUT2D eigenvalue weighted by atomic mass is 16.2. The molecule has 5 nitrogen and oxygen atoms in total. The smallest absolute Gasteiger partial charge is 0.224 e. The quantitative estimate of drug-likeness (QED) is 0.880. The Hall–Kier alpha value is -1.90. The van der Waals surface area contributed by atoms with E-state index in [0.29, 0.717) is 12.8 Å². The van der Waals surface area contributed by atoms with Crippen LogP contribution in [0.1, 0.15) is 24.4 Å². The Balaban J connectivity index is 1.79. The van der Waals surface area contributed by atoms with Gasteiger partial charge in [0.1, 0.15) is 0 Å². The van der Waals surface area contributed by atoms with Gasteiger partial charge in [0.2, 0.25) is 5.91 Å². The summed E-state index contributed by atoms with van der Waals surface area (Å²) >= 11 is 0. The van der Waals surface area contributed by atoms with Crippen molar-refractivity contribution in [3.63, 3.8) is 0 Å². The third-order valence-electron chi connectivity index (χ3n) is 3.89. The second kappa shape index (κ2) is 7.77. The van der Waals surface area contributed by atoms with Crippen molar-refractivity contribution in [1.29, 1.82) is 5.26 Å². The third-order valence-corrected chi connectivity index (χ3v) is 3.89. The van der Waals surface area contributed by atoms with Crippen molar-refractivity contribution in [2.24, 2.45) is 5.73 Å². The first-order chi connectivity index (χ1) is 10.2. The number of amides is 1. The van der Waals surface area contributed by atoms with E-state index in [9.17, 15) is 4.79 Å². The molecule has 1 atom stereocenters. The molecule has 1 amide bonds. The van der Waals surface area contributed by atoms with Crippen LogP contribution in [0.2, 0.25) is 0 Å². The van der Waals surface area contributed by atoms with Crippen molar-refractivity contribution >= 4 is 5.91 Å². The Bertz CT molecular complexity index is 489. The van der Waals surface area contributed by atoms with Crippen LogP contribution in [-0.2, 0) is 4.79 Å². The summed E-state index contributed by atoms with van der Waals surface area (Å²) in [5.74, 6) is 0.117. The van der Waals surface area contributed by atoms with Gasteiger partial charge in [-0.05, 0) is 5.56 Å². The van der Waals surface area contributed by atoms with Crippen LogP contribution in [0.4, 0.5) is 0 Å². The van der Waals surface area contributed by atoms with Gasteiger partial charge in [-0.2, -0.15) is 5.26 Å². The summed E-state index contributed by atoms with van der Waals surface area (Å²) in [6.45, 7) is 3.93. The van der Waals surface area contributed by atoms with E-state index < -0.39 is 0 Å². The first kappa shape index (κ1) is 15.5. The Morgan fingerprint density at radius 2 is 1.90 bits per heavy atom. The van der Waals surface area contributed by atoms with Gasteiger partial charge in [-0.25, -0.2) is 0 Å². The normalized spacial score (nSPS) is 17.2. The predicted octanol–water partition coefficient (Wildman–Crippen LogP) is 1.13. The van der Waals surface area contributed by atoms with Gasteiger partial charge in [0.25, 0.3) is 0 Å². The molecule has 1 unspecified atom stereocenters. The van der Waals surface area contributed by atoms with Gasteiger partial charge >= 0.3 is 0 Å². The summed E-state index contributed by atoms with van der Waals surface area (Å²) in [5, 5.41) is 8.59. The molecule has 1 saturated heterocycles. The van der Waals surface area contributed by atoms with Crippen molar-refractivity contribution in [3.8, 4) is 6.07 Å². The Labute approximate surface area is 125 Å². The highest BCUT2D eigenvalue weighted by Crippen LogP contribution is 2.15. The molecule has 5 heteroatoms. The molecule has 1 aliphatic rings. The van der Waals surface area contributed by atoms with Crippen LogP contribution >= 0.6 is 0 Å². The number of hydrogen-bond acceptors (Lipinski definition) is 4. The number of benzene rings is 1. The summed E-state index contributed by atoms with van der Waals surface area (Å²) in [6.07, 6.45) is 0.898. The molecule has 0 spiro atoms. The fraction of sp³-hybridized carbons (Fsp3) is 0.500. The Kier molecular flexibility index (Phi) is 5.73. The molecule has 2 N–H and O–H groups in total. The molecule has 0 aliphatic carbocycles. The molecule has 2 rings (SSSR count). The average molecular weight is 286 g/mol. The van der Waals surface area contributed by atoms with Crippen molar-refractivity contribution in [3.05, 3.63) is 35.9 Å². The number of nitriles is 1. The Morgan fingerprint density at radius 1 is 1.24 bits per heavy atom. The van der Waals surface area contributed by atoms with E-state index in [1.165, 1.54) is 0 Å². The molecule has 112 valence electrons. The number of piperazine rings is 1. The number of nitrogens with zero attached hydrogens (tertiary/aromatic N) is 3. The standard InChI is InChI=1S/C16H22N4O/c17-7-4-8-19-9-11-20(12-10-19)16(21)13-15(18)14-5-2-1-3-6-14/h1-3,5-6,15H,4,8-13,18H2. The van der Waals surface area contributed by atoms with Crippen molar-refractivity contribution in [2.45, 2.75) is 18.9 Å². The third kappa shape index (κ3) is 4.55. The fourth-order valence-electron chi connectivity index (χ4n) is 2.56. The lowest BCUT2D eigenvalue weighted by Gasteiger charge is -2.34. The van der Waals surface area contributed by atoms with E-state index in [1.807, 2.05) is 35.2 Å². The number of rotatable bonds is 5. The second-order valence-electron chi connectivity index (χ2n) is 5.35. The van der Waals surface area contributed by atoms with Crippen molar-refractivity contribution in [1.82, 2.24) is 9.80 Å². The van der Waals surface area contributed by atoms with E-state index >= 15 is 0 Å². The first-order valence-electron chi connectivity index (χ1n) is 7.38. The summed E-state index contributed by atoms with van der Waals surface area (Å²) in [7, 11) is 0. The van der Waals surface area contributed by atoms with Gasteiger partial charge in [-0.1, -0.05) is 30.3 Å². The van der Waals surface area contributed by atoms with Gasteiger partial charge < -0.3 is 10.6 Å². The van der Waals surface area contributed by atoms with Gasteiger partial charge in [-0.3, -0.25) is 9.69 Å². The maximum Gasteiger partial charge on any atom is 0.224 e. The van der Waals surface area contributed by atoms with Gasteiger partial charge in [-0.15, -0.1) is 0 Å². The number of hydrogen-bond donors (Lipinski definition) is 1. The minimum atomic E-state index is -0.240. The molecule has 1 fully saturated rings. The first-order valence-corrected chi connectivity index (χ1v) is 7.38.